The number of hydrogen-bond acceptors (Lipinski definition) is 6. The highest BCUT2D eigenvalue weighted by Crippen LogP contribution is 2.72. The van der Waals surface area contributed by atoms with Gasteiger partial charge in [-0.3, -0.25) is 9.59 Å². The standard InChI is InChI=1S/C17H22O6/c1-8-4-11-16(6-18,13(21)12(8)20)15(3)5-10(9(2)19)14(23-11)17(15)7-22-17/h4,10-11,13-14,18,21H,5-7H2,1-3H3/t10-,11+,13+,14+,15+,16+,17-/m1/s1. The smallest absolute Gasteiger partial charge is 0.187 e. The molecule has 4 aliphatic rings. The van der Waals surface area contributed by atoms with Crippen LogP contribution in [0.1, 0.15) is 27.2 Å². The average molecular weight is 322 g/mol. The molecule has 0 aromatic heterocycles. The Morgan fingerprint density at radius 2 is 2.13 bits per heavy atom. The molecule has 2 saturated heterocycles. The summed E-state index contributed by atoms with van der Waals surface area (Å²) in [6.07, 6.45) is -0.219. The quantitative estimate of drug-likeness (QED) is 0.695. The van der Waals surface area contributed by atoms with Crippen LogP contribution in [-0.2, 0) is 19.1 Å². The summed E-state index contributed by atoms with van der Waals surface area (Å²) in [5, 5.41) is 21.1. The van der Waals surface area contributed by atoms with Crippen LogP contribution in [0.25, 0.3) is 0 Å². The van der Waals surface area contributed by atoms with Gasteiger partial charge in [-0.2, -0.15) is 0 Å². The van der Waals surface area contributed by atoms with Gasteiger partial charge in [0.2, 0.25) is 0 Å². The monoisotopic (exact) mass is 322 g/mol. The van der Waals surface area contributed by atoms with Crippen molar-refractivity contribution in [2.24, 2.45) is 16.7 Å². The Bertz CT molecular complexity index is 635. The van der Waals surface area contributed by atoms with E-state index in [1.807, 2.05) is 6.92 Å². The summed E-state index contributed by atoms with van der Waals surface area (Å²) >= 11 is 0. The topological polar surface area (TPSA) is 96.4 Å². The van der Waals surface area contributed by atoms with Crippen LogP contribution in [0.3, 0.4) is 0 Å². The Kier molecular flexibility index (Phi) is 2.89. The minimum atomic E-state index is -1.36. The summed E-state index contributed by atoms with van der Waals surface area (Å²) in [5.41, 5.74) is -2.14. The van der Waals surface area contributed by atoms with Gasteiger partial charge in [0.15, 0.2) is 5.78 Å². The van der Waals surface area contributed by atoms with Crippen molar-refractivity contribution < 1.29 is 29.3 Å². The van der Waals surface area contributed by atoms with Crippen molar-refractivity contribution in [2.75, 3.05) is 13.2 Å². The molecule has 23 heavy (non-hydrogen) atoms. The van der Waals surface area contributed by atoms with Crippen molar-refractivity contribution in [3.63, 3.8) is 0 Å². The molecule has 126 valence electrons. The first-order valence-electron chi connectivity index (χ1n) is 8.06. The molecule has 7 atom stereocenters. The van der Waals surface area contributed by atoms with Gasteiger partial charge in [0.25, 0.3) is 0 Å². The van der Waals surface area contributed by atoms with E-state index < -0.39 is 35.2 Å². The van der Waals surface area contributed by atoms with Crippen LogP contribution in [0.15, 0.2) is 11.6 Å². The summed E-state index contributed by atoms with van der Waals surface area (Å²) in [4.78, 5) is 24.5. The number of hydrogen-bond donors (Lipinski definition) is 2. The van der Waals surface area contributed by atoms with Crippen molar-refractivity contribution >= 4 is 11.6 Å². The molecule has 2 bridgehead atoms. The molecule has 2 aliphatic heterocycles. The molecule has 2 heterocycles. The van der Waals surface area contributed by atoms with E-state index in [1.54, 1.807) is 13.0 Å². The van der Waals surface area contributed by atoms with E-state index in [9.17, 15) is 19.8 Å². The Morgan fingerprint density at radius 3 is 2.65 bits per heavy atom. The minimum Gasteiger partial charge on any atom is -0.396 e. The first-order chi connectivity index (χ1) is 10.7. The highest BCUT2D eigenvalue weighted by atomic mass is 16.6. The van der Waals surface area contributed by atoms with Crippen molar-refractivity contribution in [2.45, 2.75) is 51.1 Å². The number of fused-ring (bicyclic) bond motifs is 2. The van der Waals surface area contributed by atoms with Gasteiger partial charge in [-0.25, -0.2) is 0 Å². The first kappa shape index (κ1) is 15.4. The van der Waals surface area contributed by atoms with E-state index >= 15 is 0 Å². The molecule has 6 heteroatoms. The number of carbonyl (C=O) groups excluding carboxylic acids is 2. The predicted octanol–water partition coefficient (Wildman–Crippen LogP) is 0.00660. The highest BCUT2D eigenvalue weighted by Gasteiger charge is 2.83. The van der Waals surface area contributed by atoms with Crippen LogP contribution in [0.4, 0.5) is 0 Å². The van der Waals surface area contributed by atoms with E-state index in [1.165, 1.54) is 6.92 Å². The van der Waals surface area contributed by atoms with E-state index in [4.69, 9.17) is 9.47 Å². The lowest BCUT2D eigenvalue weighted by Crippen LogP contribution is -2.70. The van der Waals surface area contributed by atoms with Crippen molar-refractivity contribution in [3.8, 4) is 0 Å². The number of carbonyl (C=O) groups is 2. The second-order valence-corrected chi connectivity index (χ2v) is 7.72. The maximum absolute atomic E-state index is 12.4. The Morgan fingerprint density at radius 1 is 1.48 bits per heavy atom. The van der Waals surface area contributed by atoms with Gasteiger partial charge in [-0.05, 0) is 31.9 Å². The summed E-state index contributed by atoms with van der Waals surface area (Å²) in [7, 11) is 0. The zero-order valence-electron chi connectivity index (χ0n) is 13.5. The predicted molar refractivity (Wildman–Crippen MR) is 78.5 cm³/mol. The van der Waals surface area contributed by atoms with Gasteiger partial charge >= 0.3 is 0 Å². The number of Topliss-reactive ketones (excluding diaryl/α,β-unsaturated/α-hetero) is 2. The molecule has 2 N–H and O–H groups in total. The highest BCUT2D eigenvalue weighted by molar-refractivity contribution is 6.00. The summed E-state index contributed by atoms with van der Waals surface area (Å²) in [5.74, 6) is -0.713. The van der Waals surface area contributed by atoms with Crippen LogP contribution < -0.4 is 0 Å². The Hall–Kier alpha value is -1.08. The van der Waals surface area contributed by atoms with Crippen LogP contribution >= 0.6 is 0 Å². The largest absolute Gasteiger partial charge is 0.396 e. The number of rotatable bonds is 2. The Labute approximate surface area is 134 Å². The molecule has 2 aliphatic carbocycles. The van der Waals surface area contributed by atoms with E-state index in [0.29, 0.717) is 18.6 Å². The first-order valence-corrected chi connectivity index (χ1v) is 8.06. The van der Waals surface area contributed by atoms with E-state index in [0.717, 1.165) is 0 Å². The molecule has 0 aromatic carbocycles. The average Bonchev–Trinajstić information content (AvgIpc) is 3.26. The second-order valence-electron chi connectivity index (χ2n) is 7.72. The lowest BCUT2D eigenvalue weighted by atomic mass is 9.50. The molecular weight excluding hydrogens is 300 g/mol. The number of ether oxygens (including phenoxy) is 2. The zero-order valence-corrected chi connectivity index (χ0v) is 13.5. The lowest BCUT2D eigenvalue weighted by molar-refractivity contribution is -0.242. The molecule has 3 fully saturated rings. The number of epoxide rings is 1. The van der Waals surface area contributed by atoms with Crippen molar-refractivity contribution in [1.82, 2.24) is 0 Å². The molecule has 0 unspecified atom stereocenters. The number of aliphatic hydroxyl groups excluding tert-OH is 2. The van der Waals surface area contributed by atoms with Crippen LogP contribution in [-0.4, -0.2) is 58.9 Å². The summed E-state index contributed by atoms with van der Waals surface area (Å²) in [6, 6.07) is 0. The number of ketones is 2. The molecular formula is C17H22O6. The maximum Gasteiger partial charge on any atom is 0.187 e. The fourth-order valence-corrected chi connectivity index (χ4v) is 5.41. The van der Waals surface area contributed by atoms with Gasteiger partial charge in [0, 0.05) is 11.3 Å². The van der Waals surface area contributed by atoms with Crippen molar-refractivity contribution in [1.29, 1.82) is 0 Å². The lowest BCUT2D eigenvalue weighted by Gasteiger charge is -2.58. The minimum absolute atomic E-state index is 0.0156. The van der Waals surface area contributed by atoms with Crippen LogP contribution in [0, 0.1) is 16.7 Å². The second kappa shape index (κ2) is 4.30. The molecule has 4 rings (SSSR count). The van der Waals surface area contributed by atoms with Gasteiger partial charge < -0.3 is 19.7 Å². The molecule has 1 saturated carbocycles. The fourth-order valence-electron chi connectivity index (χ4n) is 5.41. The zero-order chi connectivity index (χ0) is 16.8. The van der Waals surface area contributed by atoms with Gasteiger partial charge in [0.05, 0.1) is 30.8 Å². The summed E-state index contributed by atoms with van der Waals surface area (Å²) < 4.78 is 11.9. The molecule has 0 amide bonds. The Balaban J connectivity index is 1.93. The van der Waals surface area contributed by atoms with E-state index in [2.05, 4.69) is 0 Å². The third-order valence-corrected chi connectivity index (χ3v) is 6.98. The van der Waals surface area contributed by atoms with Crippen LogP contribution in [0.5, 0.6) is 0 Å². The summed E-state index contributed by atoms with van der Waals surface area (Å²) in [6.45, 7) is 5.13. The molecule has 6 nitrogen and oxygen atoms in total. The normalized spacial score (nSPS) is 54.0. The van der Waals surface area contributed by atoms with Gasteiger partial charge in [-0.1, -0.05) is 6.92 Å². The van der Waals surface area contributed by atoms with E-state index in [-0.39, 0.29) is 23.6 Å². The molecule has 0 aromatic rings. The number of aliphatic hydroxyl groups is 2. The molecule has 1 spiro atoms. The SMILES string of the molecule is CC(=O)[C@H]1C[C@@]2(C)[C@@]3(CO)[C@H](C=C(C)C(=O)[C@@H]3O)O[C@@H]1[C@]21CO1. The van der Waals surface area contributed by atoms with Crippen LogP contribution in [0.2, 0.25) is 0 Å². The van der Waals surface area contributed by atoms with Gasteiger partial charge in [0.1, 0.15) is 17.5 Å². The third kappa shape index (κ3) is 1.45. The molecule has 0 radical (unpaired) electrons. The third-order valence-electron chi connectivity index (χ3n) is 6.98. The van der Waals surface area contributed by atoms with Gasteiger partial charge in [-0.15, -0.1) is 0 Å². The fraction of sp³-hybridized carbons (Fsp3) is 0.765. The van der Waals surface area contributed by atoms with Crippen molar-refractivity contribution in [3.05, 3.63) is 11.6 Å². The maximum atomic E-state index is 12.4.